The Hall–Kier alpha value is -3.17. The number of hydrogen-bond acceptors (Lipinski definition) is 6. The lowest BCUT2D eigenvalue weighted by atomic mass is 9.74. The Morgan fingerprint density at radius 3 is 2.30 bits per heavy atom. The molecule has 2 fully saturated rings. The Morgan fingerprint density at radius 1 is 0.860 bits per heavy atom. The molecule has 234 valence electrons. The maximum atomic E-state index is 14.5. The maximum absolute atomic E-state index is 14.5. The van der Waals surface area contributed by atoms with Crippen molar-refractivity contribution in [3.8, 4) is 5.75 Å². The summed E-state index contributed by atoms with van der Waals surface area (Å²) in [5.74, 6) is -1.37. The molecular formula is C34H47N3O6. The minimum atomic E-state index is -1.24. The Bertz CT molecular complexity index is 1230. The molecular weight excluding hydrogens is 546 g/mol. The molecule has 1 aromatic rings. The summed E-state index contributed by atoms with van der Waals surface area (Å²) < 4.78 is 12.5. The first kappa shape index (κ1) is 31.3. The van der Waals surface area contributed by atoms with Crippen LogP contribution < -0.4 is 9.64 Å². The Kier molecular flexibility index (Phi) is 9.61. The number of hydrogen-bond donors (Lipinski definition) is 1. The molecule has 43 heavy (non-hydrogen) atoms. The molecule has 1 N–H and O–H groups in total. The van der Waals surface area contributed by atoms with Crippen LogP contribution in [0, 0.1) is 11.8 Å². The van der Waals surface area contributed by atoms with Crippen LogP contribution in [-0.4, -0.2) is 89.3 Å². The summed E-state index contributed by atoms with van der Waals surface area (Å²) in [5, 5.41) is 9.20. The van der Waals surface area contributed by atoms with Gasteiger partial charge in [0.25, 0.3) is 0 Å². The largest absolute Gasteiger partial charge is 0.494 e. The lowest BCUT2D eigenvalue weighted by molar-refractivity contribution is -0.151. The van der Waals surface area contributed by atoms with Crippen molar-refractivity contribution in [1.82, 2.24) is 9.80 Å². The van der Waals surface area contributed by atoms with E-state index in [1.165, 1.54) is 0 Å². The van der Waals surface area contributed by atoms with Gasteiger partial charge in [-0.15, -0.1) is 0 Å². The van der Waals surface area contributed by atoms with Gasteiger partial charge in [-0.3, -0.25) is 14.4 Å². The number of amides is 3. The molecule has 4 aliphatic rings. The average molecular weight is 594 g/mol. The lowest BCUT2D eigenvalue weighted by Gasteiger charge is -2.37. The normalized spacial score (nSPS) is 29.9. The molecule has 1 unspecified atom stereocenters. The van der Waals surface area contributed by atoms with Gasteiger partial charge in [-0.2, -0.15) is 0 Å². The van der Waals surface area contributed by atoms with Gasteiger partial charge in [-0.1, -0.05) is 56.9 Å². The third kappa shape index (κ3) is 5.74. The molecule has 3 amide bonds. The highest BCUT2D eigenvalue weighted by molar-refractivity contribution is 6.04. The van der Waals surface area contributed by atoms with Crippen molar-refractivity contribution < 1.29 is 29.0 Å². The molecule has 0 radical (unpaired) electrons. The number of unbranched alkanes of at least 4 members (excludes halogenated alkanes) is 5. The van der Waals surface area contributed by atoms with Crippen molar-refractivity contribution in [3.05, 3.63) is 48.6 Å². The van der Waals surface area contributed by atoms with Gasteiger partial charge in [0.2, 0.25) is 17.7 Å². The first-order valence-electron chi connectivity index (χ1n) is 16.1. The van der Waals surface area contributed by atoms with Gasteiger partial charge >= 0.3 is 0 Å². The van der Waals surface area contributed by atoms with E-state index in [1.807, 2.05) is 67.3 Å². The zero-order valence-electron chi connectivity index (χ0n) is 25.9. The summed E-state index contributed by atoms with van der Waals surface area (Å²) in [4.78, 5) is 48.6. The molecule has 0 bridgehead atoms. The van der Waals surface area contributed by atoms with E-state index in [-0.39, 0.29) is 24.3 Å². The van der Waals surface area contributed by atoms with E-state index in [0.717, 1.165) is 43.5 Å². The first-order valence-corrected chi connectivity index (χ1v) is 16.1. The van der Waals surface area contributed by atoms with Crippen molar-refractivity contribution in [1.29, 1.82) is 0 Å². The molecule has 4 aliphatic heterocycles. The molecule has 1 aromatic carbocycles. The molecule has 2 saturated heterocycles. The quantitative estimate of drug-likeness (QED) is 0.273. The molecule has 0 aromatic heterocycles. The Labute approximate surface area is 255 Å². The summed E-state index contributed by atoms with van der Waals surface area (Å²) in [6.07, 6.45) is 13.8. The van der Waals surface area contributed by atoms with Crippen molar-refractivity contribution in [2.45, 2.75) is 83.0 Å². The maximum Gasteiger partial charge on any atom is 0.249 e. The van der Waals surface area contributed by atoms with Crippen molar-refractivity contribution in [2.24, 2.45) is 11.8 Å². The fourth-order valence-corrected chi connectivity index (χ4v) is 7.43. The monoisotopic (exact) mass is 593 g/mol. The smallest absolute Gasteiger partial charge is 0.249 e. The average Bonchev–Trinajstić information content (AvgIpc) is 3.26. The predicted octanol–water partition coefficient (Wildman–Crippen LogP) is 4.10. The van der Waals surface area contributed by atoms with E-state index in [2.05, 4.69) is 6.92 Å². The van der Waals surface area contributed by atoms with E-state index in [1.54, 1.807) is 9.80 Å². The number of benzene rings is 1. The van der Waals surface area contributed by atoms with Crippen molar-refractivity contribution in [3.63, 3.8) is 0 Å². The zero-order valence-corrected chi connectivity index (χ0v) is 25.9. The number of carbonyl (C=O) groups excluding carboxylic acids is 3. The van der Waals surface area contributed by atoms with Crippen LogP contribution in [0.4, 0.5) is 5.69 Å². The van der Waals surface area contributed by atoms with Gasteiger partial charge in [0.05, 0.1) is 24.0 Å². The molecule has 0 saturated carbocycles. The number of anilines is 1. The first-order chi connectivity index (χ1) is 20.8. The van der Waals surface area contributed by atoms with Crippen molar-refractivity contribution in [2.75, 3.05) is 44.3 Å². The van der Waals surface area contributed by atoms with Gasteiger partial charge in [0.1, 0.15) is 17.4 Å². The summed E-state index contributed by atoms with van der Waals surface area (Å²) in [6, 6.07) is 6.61. The van der Waals surface area contributed by atoms with E-state index in [9.17, 15) is 19.5 Å². The summed E-state index contributed by atoms with van der Waals surface area (Å²) in [5.41, 5.74) is -1.56. The van der Waals surface area contributed by atoms with Gasteiger partial charge in [-0.25, -0.2) is 0 Å². The number of aliphatic hydroxyl groups excluding tert-OH is 1. The van der Waals surface area contributed by atoms with Crippen LogP contribution >= 0.6 is 0 Å². The molecule has 5 rings (SSSR count). The summed E-state index contributed by atoms with van der Waals surface area (Å²) in [6.45, 7) is 8.48. The van der Waals surface area contributed by atoms with Crippen LogP contribution in [-0.2, 0) is 19.1 Å². The standard InChI is InChI=1S/C34H47N3O6/c1-4-6-9-20-35-21-13-19-34-28(31(40)37(29(34)32(35)41)22-10-7-8-11-24-38)27-30(39)36(23-12-18-33(27,3)43-34)25-14-16-26(17-15-25)42-5-2/h12-19,27-29,38H,4-11,20-24H2,1-3H3/t27-,28-,29?,33+,34-/m0/s1. The van der Waals surface area contributed by atoms with E-state index < -0.39 is 29.1 Å². The molecule has 4 heterocycles. The van der Waals surface area contributed by atoms with Crippen LogP contribution in [0.2, 0.25) is 0 Å². The zero-order chi connectivity index (χ0) is 30.6. The van der Waals surface area contributed by atoms with Crippen LogP contribution in [0.25, 0.3) is 0 Å². The van der Waals surface area contributed by atoms with Gasteiger partial charge in [0.15, 0.2) is 0 Å². The highest BCUT2D eigenvalue weighted by Crippen LogP contribution is 2.57. The third-order valence-corrected chi connectivity index (χ3v) is 9.44. The highest BCUT2D eigenvalue weighted by atomic mass is 16.5. The van der Waals surface area contributed by atoms with Gasteiger partial charge in [-0.05, 0) is 57.4 Å². The van der Waals surface area contributed by atoms with Crippen LogP contribution in [0.5, 0.6) is 5.75 Å². The van der Waals surface area contributed by atoms with Crippen LogP contribution in [0.3, 0.4) is 0 Å². The second kappa shape index (κ2) is 13.2. The van der Waals surface area contributed by atoms with Crippen molar-refractivity contribution >= 4 is 23.4 Å². The van der Waals surface area contributed by atoms with Gasteiger partial charge < -0.3 is 29.3 Å². The molecule has 9 nitrogen and oxygen atoms in total. The topological polar surface area (TPSA) is 99.6 Å². The number of ether oxygens (including phenoxy) is 2. The number of aliphatic hydroxyl groups is 1. The number of carbonyl (C=O) groups is 3. The molecule has 1 spiro atoms. The van der Waals surface area contributed by atoms with Crippen LogP contribution in [0.1, 0.15) is 65.7 Å². The minimum Gasteiger partial charge on any atom is -0.494 e. The Morgan fingerprint density at radius 2 is 1.58 bits per heavy atom. The lowest BCUT2D eigenvalue weighted by Crippen LogP contribution is -2.56. The minimum absolute atomic E-state index is 0.104. The van der Waals surface area contributed by atoms with E-state index in [0.29, 0.717) is 45.6 Å². The predicted molar refractivity (Wildman–Crippen MR) is 165 cm³/mol. The second-order valence-electron chi connectivity index (χ2n) is 12.3. The number of fused-ring (bicyclic) bond motifs is 2. The SMILES string of the molecule is CCCCCN1CC=C[C@]23O[C@]4(C)C=CCN(c5ccc(OCC)cc5)C(=O)[C@@H]4[C@H]2C(=O)N(CCCCCCO)C3C1=O. The number of nitrogens with zero attached hydrogens (tertiary/aromatic N) is 3. The Balaban J connectivity index is 1.50. The third-order valence-electron chi connectivity index (χ3n) is 9.44. The summed E-state index contributed by atoms with van der Waals surface area (Å²) in [7, 11) is 0. The molecule has 0 aliphatic carbocycles. The van der Waals surface area contributed by atoms with E-state index in [4.69, 9.17) is 9.47 Å². The number of likely N-dealkylation sites (tertiary alicyclic amines) is 1. The summed E-state index contributed by atoms with van der Waals surface area (Å²) >= 11 is 0. The molecule has 9 heteroatoms. The van der Waals surface area contributed by atoms with E-state index >= 15 is 0 Å². The number of rotatable bonds is 13. The second-order valence-corrected chi connectivity index (χ2v) is 12.3. The van der Waals surface area contributed by atoms with Crippen LogP contribution in [0.15, 0.2) is 48.6 Å². The molecule has 5 atom stereocenters. The highest BCUT2D eigenvalue weighted by Gasteiger charge is 2.74. The fraction of sp³-hybridized carbons (Fsp3) is 0.618. The fourth-order valence-electron chi connectivity index (χ4n) is 7.43. The van der Waals surface area contributed by atoms with Gasteiger partial charge in [0, 0.05) is 38.5 Å².